The lowest BCUT2D eigenvalue weighted by atomic mass is 9.94. The van der Waals surface area contributed by atoms with Gasteiger partial charge in [-0.1, -0.05) is 17.2 Å². The predicted octanol–water partition coefficient (Wildman–Crippen LogP) is 3.15. The minimum atomic E-state index is -0.0467. The van der Waals surface area contributed by atoms with E-state index < -0.39 is 0 Å². The van der Waals surface area contributed by atoms with Gasteiger partial charge in [-0.25, -0.2) is 0 Å². The van der Waals surface area contributed by atoms with Crippen LogP contribution in [0, 0.1) is 25.7 Å². The maximum atomic E-state index is 13.1. The van der Waals surface area contributed by atoms with Crippen molar-refractivity contribution in [2.75, 3.05) is 32.7 Å². The Kier molecular flexibility index (Phi) is 6.23. The third-order valence-electron chi connectivity index (χ3n) is 6.73. The molecule has 5 nitrogen and oxygen atoms in total. The first kappa shape index (κ1) is 20.4. The zero-order valence-electron chi connectivity index (χ0n) is 18.0. The number of nitrogens with one attached hydrogen (secondary N) is 1. The summed E-state index contributed by atoms with van der Waals surface area (Å²) in [7, 11) is 0. The summed E-state index contributed by atoms with van der Waals surface area (Å²) in [6, 6.07) is 6.57. The van der Waals surface area contributed by atoms with Crippen molar-refractivity contribution in [1.82, 2.24) is 15.1 Å². The minimum absolute atomic E-state index is 0.0467. The van der Waals surface area contributed by atoms with Crippen LogP contribution in [0.25, 0.3) is 0 Å². The molecule has 3 fully saturated rings. The van der Waals surface area contributed by atoms with Crippen molar-refractivity contribution in [1.29, 1.82) is 0 Å². The van der Waals surface area contributed by atoms with E-state index in [0.29, 0.717) is 12.6 Å². The van der Waals surface area contributed by atoms with Gasteiger partial charge < -0.3 is 15.1 Å². The van der Waals surface area contributed by atoms with E-state index in [1.54, 1.807) is 0 Å². The van der Waals surface area contributed by atoms with Crippen LogP contribution in [0.4, 0.5) is 0 Å². The van der Waals surface area contributed by atoms with Gasteiger partial charge in [-0.15, -0.1) is 0 Å². The standard InChI is InChI=1S/C24H35N3O2/c1-17-12-18(2)14-21(13-17)24(29)27-9-3-4-20(16-27)23(28)26-10-7-22(8-11-26)25-15-19-5-6-19/h12-14,19-20,22,25H,3-11,15-16H2,1-2H3. The fourth-order valence-corrected chi connectivity index (χ4v) is 4.86. The smallest absolute Gasteiger partial charge is 0.253 e. The summed E-state index contributed by atoms with van der Waals surface area (Å²) in [4.78, 5) is 30.1. The Morgan fingerprint density at radius 3 is 2.28 bits per heavy atom. The molecule has 3 aliphatic rings. The molecular weight excluding hydrogens is 362 g/mol. The van der Waals surface area contributed by atoms with Gasteiger partial charge in [0.2, 0.25) is 5.91 Å². The summed E-state index contributed by atoms with van der Waals surface area (Å²) in [5.74, 6) is 1.17. The first-order valence-corrected chi connectivity index (χ1v) is 11.4. The van der Waals surface area contributed by atoms with Gasteiger partial charge in [0, 0.05) is 37.8 Å². The second kappa shape index (κ2) is 8.86. The fourth-order valence-electron chi connectivity index (χ4n) is 4.86. The Hall–Kier alpha value is -1.88. The Morgan fingerprint density at radius 1 is 0.931 bits per heavy atom. The van der Waals surface area contributed by atoms with E-state index in [9.17, 15) is 9.59 Å². The summed E-state index contributed by atoms with van der Waals surface area (Å²) in [5, 5.41) is 3.68. The molecule has 1 aromatic rings. The maximum absolute atomic E-state index is 13.1. The summed E-state index contributed by atoms with van der Waals surface area (Å²) in [6.45, 7) is 8.21. The molecule has 2 heterocycles. The van der Waals surface area contributed by atoms with E-state index in [-0.39, 0.29) is 17.7 Å². The number of hydrogen-bond donors (Lipinski definition) is 1. The van der Waals surface area contributed by atoms with Gasteiger partial charge in [0.25, 0.3) is 5.91 Å². The molecule has 0 aromatic heterocycles. The second-order valence-corrected chi connectivity index (χ2v) is 9.42. The van der Waals surface area contributed by atoms with Crippen LogP contribution in [0.1, 0.15) is 60.0 Å². The normalized spacial score (nSPS) is 23.3. The molecule has 1 saturated carbocycles. The highest BCUT2D eigenvalue weighted by Crippen LogP contribution is 2.28. The predicted molar refractivity (Wildman–Crippen MR) is 115 cm³/mol. The van der Waals surface area contributed by atoms with Crippen molar-refractivity contribution >= 4 is 11.8 Å². The van der Waals surface area contributed by atoms with Crippen molar-refractivity contribution in [3.05, 3.63) is 34.9 Å². The average Bonchev–Trinajstić information content (AvgIpc) is 3.55. The zero-order chi connectivity index (χ0) is 20.4. The highest BCUT2D eigenvalue weighted by molar-refractivity contribution is 5.95. The Bertz CT molecular complexity index is 730. The van der Waals surface area contributed by atoms with Crippen LogP contribution in [0.15, 0.2) is 18.2 Å². The molecule has 158 valence electrons. The second-order valence-electron chi connectivity index (χ2n) is 9.42. The van der Waals surface area contributed by atoms with Crippen LogP contribution in [0.5, 0.6) is 0 Å². The molecule has 0 bridgehead atoms. The van der Waals surface area contributed by atoms with Crippen molar-refractivity contribution in [3.8, 4) is 0 Å². The number of likely N-dealkylation sites (tertiary alicyclic amines) is 2. The van der Waals surface area contributed by atoms with E-state index in [0.717, 1.165) is 74.5 Å². The third-order valence-corrected chi connectivity index (χ3v) is 6.73. The van der Waals surface area contributed by atoms with Crippen LogP contribution >= 0.6 is 0 Å². The topological polar surface area (TPSA) is 52.7 Å². The third kappa shape index (κ3) is 5.19. The molecule has 1 aliphatic carbocycles. The number of hydrogen-bond acceptors (Lipinski definition) is 3. The van der Waals surface area contributed by atoms with Gasteiger partial charge in [-0.3, -0.25) is 9.59 Å². The SMILES string of the molecule is Cc1cc(C)cc(C(=O)N2CCCC(C(=O)N3CCC(NCC4CC4)CC3)C2)c1. The molecule has 1 unspecified atom stereocenters. The quantitative estimate of drug-likeness (QED) is 0.830. The fraction of sp³-hybridized carbons (Fsp3) is 0.667. The van der Waals surface area contributed by atoms with Gasteiger partial charge >= 0.3 is 0 Å². The molecule has 2 aliphatic heterocycles. The lowest BCUT2D eigenvalue weighted by Crippen LogP contribution is -2.50. The summed E-state index contributed by atoms with van der Waals surface area (Å²) < 4.78 is 0. The molecule has 4 rings (SSSR count). The Labute approximate surface area is 174 Å². The first-order chi connectivity index (χ1) is 14.0. The monoisotopic (exact) mass is 397 g/mol. The van der Waals surface area contributed by atoms with Gasteiger partial charge in [0.05, 0.1) is 5.92 Å². The molecule has 0 radical (unpaired) electrons. The minimum Gasteiger partial charge on any atom is -0.342 e. The number of nitrogens with zero attached hydrogens (tertiary/aromatic N) is 2. The summed E-state index contributed by atoms with van der Waals surface area (Å²) in [5.41, 5.74) is 2.96. The number of piperidine rings is 2. The van der Waals surface area contributed by atoms with Crippen LogP contribution < -0.4 is 5.32 Å². The molecular formula is C24H35N3O2. The molecule has 1 atom stereocenters. The largest absolute Gasteiger partial charge is 0.342 e. The number of amides is 2. The van der Waals surface area contributed by atoms with Crippen molar-refractivity contribution in [3.63, 3.8) is 0 Å². The van der Waals surface area contributed by atoms with E-state index in [4.69, 9.17) is 0 Å². The van der Waals surface area contributed by atoms with Crippen LogP contribution in [-0.2, 0) is 4.79 Å². The van der Waals surface area contributed by atoms with E-state index in [1.165, 1.54) is 12.8 Å². The number of carbonyl (C=O) groups is 2. The highest BCUT2D eigenvalue weighted by Gasteiger charge is 2.33. The molecule has 5 heteroatoms. The first-order valence-electron chi connectivity index (χ1n) is 11.4. The van der Waals surface area contributed by atoms with Crippen LogP contribution in [-0.4, -0.2) is 60.4 Å². The molecule has 2 amide bonds. The number of benzene rings is 1. The van der Waals surface area contributed by atoms with Gasteiger partial charge in [0.1, 0.15) is 0 Å². The van der Waals surface area contributed by atoms with Crippen LogP contribution in [0.2, 0.25) is 0 Å². The van der Waals surface area contributed by atoms with Crippen molar-refractivity contribution < 1.29 is 9.59 Å². The summed E-state index contributed by atoms with van der Waals surface area (Å²) in [6.07, 6.45) is 6.67. The molecule has 1 aromatic carbocycles. The van der Waals surface area contributed by atoms with E-state index in [1.807, 2.05) is 35.8 Å². The number of rotatable bonds is 5. The van der Waals surface area contributed by atoms with E-state index in [2.05, 4.69) is 11.4 Å². The van der Waals surface area contributed by atoms with Crippen molar-refractivity contribution in [2.24, 2.45) is 11.8 Å². The van der Waals surface area contributed by atoms with Gasteiger partial charge in [0.15, 0.2) is 0 Å². The van der Waals surface area contributed by atoms with Crippen LogP contribution in [0.3, 0.4) is 0 Å². The number of carbonyl (C=O) groups excluding carboxylic acids is 2. The Balaban J connectivity index is 1.30. The zero-order valence-corrected chi connectivity index (χ0v) is 18.0. The molecule has 2 saturated heterocycles. The summed E-state index contributed by atoms with van der Waals surface area (Å²) >= 11 is 0. The molecule has 1 N–H and O–H groups in total. The maximum Gasteiger partial charge on any atom is 0.253 e. The van der Waals surface area contributed by atoms with Crippen molar-refractivity contribution in [2.45, 2.75) is 58.4 Å². The Morgan fingerprint density at radius 2 is 1.62 bits per heavy atom. The van der Waals surface area contributed by atoms with E-state index >= 15 is 0 Å². The molecule has 0 spiro atoms. The number of aryl methyl sites for hydroxylation is 2. The average molecular weight is 398 g/mol. The lowest BCUT2D eigenvalue weighted by Gasteiger charge is -2.38. The molecule has 29 heavy (non-hydrogen) atoms. The lowest BCUT2D eigenvalue weighted by molar-refractivity contribution is -0.138. The van der Waals surface area contributed by atoms with Gasteiger partial charge in [-0.05, 0) is 77.0 Å². The highest BCUT2D eigenvalue weighted by atomic mass is 16.2. The van der Waals surface area contributed by atoms with Gasteiger partial charge in [-0.2, -0.15) is 0 Å².